The highest BCUT2D eigenvalue weighted by Gasteiger charge is 2.43. The van der Waals surface area contributed by atoms with Gasteiger partial charge in [0.1, 0.15) is 11.5 Å². The molecule has 3 N–H and O–H groups in total. The van der Waals surface area contributed by atoms with Crippen molar-refractivity contribution in [2.75, 3.05) is 19.1 Å². The average molecular weight is 541 g/mol. The Hall–Kier alpha value is -5.07. The van der Waals surface area contributed by atoms with E-state index in [2.05, 4.69) is 11.1 Å². The Labute approximate surface area is 227 Å². The van der Waals surface area contributed by atoms with E-state index in [4.69, 9.17) is 26.8 Å². The lowest BCUT2D eigenvalue weighted by atomic mass is 9.81. The van der Waals surface area contributed by atoms with Crippen molar-refractivity contribution in [2.24, 2.45) is 5.73 Å². The summed E-state index contributed by atoms with van der Waals surface area (Å²) < 4.78 is 10.2. The summed E-state index contributed by atoms with van der Waals surface area (Å²) in [5.41, 5.74) is 7.57. The van der Waals surface area contributed by atoms with Crippen LogP contribution in [-0.4, -0.2) is 31.1 Å². The van der Waals surface area contributed by atoms with E-state index in [9.17, 15) is 19.6 Å². The fraction of sp³-hybridized carbons (Fsp3) is 0.103. The number of nitrogens with zero attached hydrogens (tertiary/aromatic N) is 2. The molecule has 0 spiro atoms. The predicted octanol–water partition coefficient (Wildman–Crippen LogP) is 4.23. The highest BCUT2D eigenvalue weighted by molar-refractivity contribution is 6.31. The summed E-state index contributed by atoms with van der Waals surface area (Å²) in [6, 6.07) is 20.5. The maximum absolute atomic E-state index is 13.4. The van der Waals surface area contributed by atoms with Gasteiger partial charge in [0, 0.05) is 21.3 Å². The standard InChI is InChI=1S/C29H21ClN4O5/c1-38-28(36)23-22(15-7-4-3-5-8-15)19(14-31)27(32)34(25(23)29(37)39-2)21-10-6-9-17-24(21)33-20-12-11-16(30)13-18(20)26(17)35/h3-13,22H,32H2,1-2H3,(H,33,35). The number of aromatic amines is 1. The van der Waals surface area contributed by atoms with Crippen LogP contribution in [0, 0.1) is 11.3 Å². The molecule has 0 aliphatic carbocycles. The lowest BCUT2D eigenvalue weighted by molar-refractivity contribution is -0.139. The molecule has 1 unspecified atom stereocenters. The van der Waals surface area contributed by atoms with Gasteiger partial charge in [-0.2, -0.15) is 5.26 Å². The number of aromatic nitrogens is 1. The van der Waals surface area contributed by atoms with E-state index in [0.717, 1.165) is 0 Å². The number of nitriles is 1. The van der Waals surface area contributed by atoms with Gasteiger partial charge in [0.15, 0.2) is 5.43 Å². The molecule has 2 heterocycles. The van der Waals surface area contributed by atoms with E-state index in [1.54, 1.807) is 66.7 Å². The Morgan fingerprint density at radius 1 is 1.00 bits per heavy atom. The van der Waals surface area contributed by atoms with Crippen molar-refractivity contribution >= 4 is 51.0 Å². The molecule has 3 aromatic carbocycles. The second-order valence-corrected chi connectivity index (χ2v) is 9.12. The number of nitrogens with one attached hydrogen (secondary N) is 1. The van der Waals surface area contributed by atoms with E-state index >= 15 is 0 Å². The molecule has 1 aliphatic heterocycles. The zero-order chi connectivity index (χ0) is 27.8. The minimum Gasteiger partial charge on any atom is -0.466 e. The molecular formula is C29H21ClN4O5. The molecule has 10 heteroatoms. The second-order valence-electron chi connectivity index (χ2n) is 8.68. The van der Waals surface area contributed by atoms with E-state index in [0.29, 0.717) is 27.0 Å². The highest BCUT2D eigenvalue weighted by atomic mass is 35.5. The molecular weight excluding hydrogens is 520 g/mol. The monoisotopic (exact) mass is 540 g/mol. The SMILES string of the molecule is COC(=O)C1=C(C(=O)OC)N(c2cccc3c(=O)c4cc(Cl)ccc4[nH]c23)C(N)=C(C#N)C1c1ccccc1. The van der Waals surface area contributed by atoms with E-state index < -0.39 is 17.9 Å². The molecule has 0 radical (unpaired) electrons. The number of fused-ring (bicyclic) bond motifs is 2. The molecule has 0 amide bonds. The van der Waals surface area contributed by atoms with Crippen molar-refractivity contribution in [3.8, 4) is 6.07 Å². The van der Waals surface area contributed by atoms with Gasteiger partial charge in [-0.25, -0.2) is 9.59 Å². The minimum absolute atomic E-state index is 0.0150. The first-order valence-corrected chi connectivity index (χ1v) is 12.1. The van der Waals surface area contributed by atoms with Crippen LogP contribution in [0.2, 0.25) is 5.02 Å². The number of para-hydroxylation sites is 1. The first-order chi connectivity index (χ1) is 18.8. The van der Waals surface area contributed by atoms with Crippen LogP contribution in [0.1, 0.15) is 11.5 Å². The quantitative estimate of drug-likeness (QED) is 0.289. The Morgan fingerprint density at radius 3 is 2.38 bits per heavy atom. The number of allylic oxidation sites excluding steroid dienone is 1. The summed E-state index contributed by atoms with van der Waals surface area (Å²) in [5, 5.41) is 11.3. The third-order valence-corrected chi connectivity index (χ3v) is 6.86. The van der Waals surface area contributed by atoms with Crippen LogP contribution in [0.3, 0.4) is 0 Å². The van der Waals surface area contributed by atoms with Gasteiger partial charge in [0.2, 0.25) is 0 Å². The molecule has 9 nitrogen and oxygen atoms in total. The lowest BCUT2D eigenvalue weighted by Gasteiger charge is -2.36. The Bertz CT molecular complexity index is 1840. The molecule has 5 rings (SSSR count). The fourth-order valence-corrected chi connectivity index (χ4v) is 5.08. The Balaban J connectivity index is 1.91. The molecule has 4 aromatic rings. The van der Waals surface area contributed by atoms with Gasteiger partial charge < -0.3 is 20.2 Å². The first kappa shape index (κ1) is 25.6. The number of esters is 2. The van der Waals surface area contributed by atoms with Crippen LogP contribution < -0.4 is 16.1 Å². The summed E-state index contributed by atoms with van der Waals surface area (Å²) in [4.78, 5) is 44.6. The molecule has 0 fully saturated rings. The topological polar surface area (TPSA) is 139 Å². The molecule has 0 saturated heterocycles. The summed E-state index contributed by atoms with van der Waals surface area (Å²) in [7, 11) is 2.35. The van der Waals surface area contributed by atoms with Crippen molar-refractivity contribution in [3.63, 3.8) is 0 Å². The zero-order valence-electron chi connectivity index (χ0n) is 20.8. The van der Waals surface area contributed by atoms with Crippen molar-refractivity contribution in [3.05, 3.63) is 110 Å². The minimum atomic E-state index is -1.01. The lowest BCUT2D eigenvalue weighted by Crippen LogP contribution is -2.41. The summed E-state index contributed by atoms with van der Waals surface area (Å²) in [6.45, 7) is 0. The van der Waals surface area contributed by atoms with Crippen LogP contribution >= 0.6 is 11.6 Å². The maximum Gasteiger partial charge on any atom is 0.355 e. The van der Waals surface area contributed by atoms with Gasteiger partial charge in [0.25, 0.3) is 0 Å². The van der Waals surface area contributed by atoms with E-state index in [1.165, 1.54) is 19.1 Å². The third-order valence-electron chi connectivity index (χ3n) is 6.62. The molecule has 1 atom stereocenters. The summed E-state index contributed by atoms with van der Waals surface area (Å²) >= 11 is 6.12. The smallest absolute Gasteiger partial charge is 0.355 e. The number of hydrogen-bond acceptors (Lipinski definition) is 8. The average Bonchev–Trinajstić information content (AvgIpc) is 2.96. The van der Waals surface area contributed by atoms with Gasteiger partial charge >= 0.3 is 11.9 Å². The van der Waals surface area contributed by atoms with Crippen LogP contribution in [0.25, 0.3) is 21.8 Å². The van der Waals surface area contributed by atoms with Crippen molar-refractivity contribution in [1.82, 2.24) is 4.98 Å². The van der Waals surface area contributed by atoms with Crippen molar-refractivity contribution in [1.29, 1.82) is 5.26 Å². The number of hydrogen-bond donors (Lipinski definition) is 2. The molecule has 0 bridgehead atoms. The van der Waals surface area contributed by atoms with Crippen LogP contribution in [-0.2, 0) is 19.1 Å². The Kier molecular flexibility index (Phi) is 6.56. The van der Waals surface area contributed by atoms with Gasteiger partial charge in [-0.1, -0.05) is 48.0 Å². The number of methoxy groups -OCH3 is 2. The number of pyridine rings is 1. The molecule has 1 aliphatic rings. The number of carbonyl (C=O) groups is 2. The molecule has 1 aromatic heterocycles. The van der Waals surface area contributed by atoms with E-state index in [-0.39, 0.29) is 39.2 Å². The number of nitrogens with two attached hydrogens (primary N) is 1. The normalized spacial score (nSPS) is 15.4. The summed E-state index contributed by atoms with van der Waals surface area (Å²) in [5.74, 6) is -2.85. The first-order valence-electron chi connectivity index (χ1n) is 11.7. The van der Waals surface area contributed by atoms with E-state index in [1.807, 2.05) is 0 Å². The largest absolute Gasteiger partial charge is 0.466 e. The molecule has 0 saturated carbocycles. The number of benzene rings is 3. The van der Waals surface area contributed by atoms with Crippen molar-refractivity contribution < 1.29 is 19.1 Å². The van der Waals surface area contributed by atoms with Crippen LogP contribution in [0.5, 0.6) is 0 Å². The molecule has 39 heavy (non-hydrogen) atoms. The number of anilines is 1. The third kappa shape index (κ3) is 4.07. The number of carbonyl (C=O) groups excluding carboxylic acids is 2. The van der Waals surface area contributed by atoms with Gasteiger partial charge in [-0.05, 0) is 35.9 Å². The van der Waals surface area contributed by atoms with Gasteiger partial charge in [0.05, 0.1) is 48.6 Å². The zero-order valence-corrected chi connectivity index (χ0v) is 21.6. The second kappa shape index (κ2) is 10.0. The number of rotatable bonds is 4. The van der Waals surface area contributed by atoms with Crippen molar-refractivity contribution in [2.45, 2.75) is 5.92 Å². The maximum atomic E-state index is 13.4. The summed E-state index contributed by atoms with van der Waals surface area (Å²) in [6.07, 6.45) is 0. The number of halogens is 1. The van der Waals surface area contributed by atoms with Gasteiger partial charge in [-0.3, -0.25) is 9.69 Å². The van der Waals surface area contributed by atoms with Gasteiger partial charge in [-0.15, -0.1) is 0 Å². The highest BCUT2D eigenvalue weighted by Crippen LogP contribution is 2.44. The Morgan fingerprint density at radius 2 is 1.72 bits per heavy atom. The van der Waals surface area contributed by atoms with Crippen LogP contribution in [0.15, 0.2) is 94.2 Å². The molecule has 194 valence electrons. The predicted molar refractivity (Wildman–Crippen MR) is 147 cm³/mol. The van der Waals surface area contributed by atoms with Crippen LogP contribution in [0.4, 0.5) is 5.69 Å². The number of ether oxygens (including phenoxy) is 2. The number of H-pyrrole nitrogens is 1. The fourth-order valence-electron chi connectivity index (χ4n) is 4.90.